The lowest BCUT2D eigenvalue weighted by Gasteiger charge is -2.05. The van der Waals surface area contributed by atoms with Gasteiger partial charge in [-0.1, -0.05) is 24.3 Å². The minimum absolute atomic E-state index is 0.197. The summed E-state index contributed by atoms with van der Waals surface area (Å²) in [5, 5.41) is 4.58. The van der Waals surface area contributed by atoms with Crippen molar-refractivity contribution in [1.29, 1.82) is 0 Å². The van der Waals surface area contributed by atoms with Crippen LogP contribution < -0.4 is 5.73 Å². The van der Waals surface area contributed by atoms with Crippen molar-refractivity contribution in [3.63, 3.8) is 0 Å². The first-order chi connectivity index (χ1) is 9.10. The van der Waals surface area contributed by atoms with Crippen LogP contribution in [0.15, 0.2) is 59.6 Å². The van der Waals surface area contributed by atoms with Crippen LogP contribution in [0.5, 0.6) is 0 Å². The van der Waals surface area contributed by atoms with E-state index in [0.29, 0.717) is 16.6 Å². The highest BCUT2D eigenvalue weighted by molar-refractivity contribution is 7.90. The predicted molar refractivity (Wildman–Crippen MR) is 73.2 cm³/mol. The molecule has 0 unspecified atom stereocenters. The molecule has 96 valence electrons. The van der Waals surface area contributed by atoms with Gasteiger partial charge in [0.25, 0.3) is 10.0 Å². The Morgan fingerprint density at radius 3 is 2.47 bits per heavy atom. The SMILES string of the molecule is Nc1cccc2c1cnn2S(=O)(=O)c1ccccc1. The van der Waals surface area contributed by atoms with Crippen LogP contribution in [0.1, 0.15) is 0 Å². The van der Waals surface area contributed by atoms with E-state index < -0.39 is 10.0 Å². The number of hydrogen-bond acceptors (Lipinski definition) is 4. The summed E-state index contributed by atoms with van der Waals surface area (Å²) in [6.45, 7) is 0. The smallest absolute Gasteiger partial charge is 0.283 e. The Labute approximate surface area is 110 Å². The van der Waals surface area contributed by atoms with Gasteiger partial charge in [0.1, 0.15) is 0 Å². The molecule has 0 spiro atoms. The second kappa shape index (κ2) is 4.10. The Morgan fingerprint density at radius 1 is 1.00 bits per heavy atom. The summed E-state index contributed by atoms with van der Waals surface area (Å²) in [4.78, 5) is 0.197. The molecule has 0 saturated heterocycles. The van der Waals surface area contributed by atoms with Crippen molar-refractivity contribution < 1.29 is 8.42 Å². The molecule has 0 aliphatic rings. The van der Waals surface area contributed by atoms with Crippen LogP contribution in [0.25, 0.3) is 10.9 Å². The molecule has 3 aromatic rings. The maximum absolute atomic E-state index is 12.5. The van der Waals surface area contributed by atoms with Crippen LogP contribution in [-0.2, 0) is 10.0 Å². The topological polar surface area (TPSA) is 78.0 Å². The third-order valence-electron chi connectivity index (χ3n) is 2.88. The van der Waals surface area contributed by atoms with E-state index in [1.807, 2.05) is 0 Å². The van der Waals surface area contributed by atoms with Gasteiger partial charge in [0.15, 0.2) is 0 Å². The maximum atomic E-state index is 12.5. The molecular weight excluding hydrogens is 262 g/mol. The molecule has 0 aliphatic carbocycles. The summed E-state index contributed by atoms with van der Waals surface area (Å²) in [5.41, 5.74) is 6.79. The summed E-state index contributed by atoms with van der Waals surface area (Å²) >= 11 is 0. The number of nitrogens with two attached hydrogens (primary N) is 1. The number of anilines is 1. The summed E-state index contributed by atoms with van der Waals surface area (Å²) in [5.74, 6) is 0. The molecule has 0 amide bonds. The van der Waals surface area contributed by atoms with Gasteiger partial charge in [0.05, 0.1) is 16.6 Å². The fraction of sp³-hybridized carbons (Fsp3) is 0. The fourth-order valence-electron chi connectivity index (χ4n) is 1.93. The molecule has 19 heavy (non-hydrogen) atoms. The Bertz CT molecular complexity index is 839. The van der Waals surface area contributed by atoms with Crippen molar-refractivity contribution in [2.24, 2.45) is 0 Å². The van der Waals surface area contributed by atoms with E-state index in [0.717, 1.165) is 4.09 Å². The molecule has 0 atom stereocenters. The number of hydrogen-bond donors (Lipinski definition) is 1. The second-order valence-electron chi connectivity index (χ2n) is 4.09. The zero-order valence-corrected chi connectivity index (χ0v) is 10.7. The van der Waals surface area contributed by atoms with Gasteiger partial charge >= 0.3 is 0 Å². The van der Waals surface area contributed by atoms with Gasteiger partial charge in [-0.3, -0.25) is 0 Å². The van der Waals surface area contributed by atoms with Gasteiger partial charge in [-0.15, -0.1) is 0 Å². The summed E-state index contributed by atoms with van der Waals surface area (Å²) in [7, 11) is -3.69. The Hall–Kier alpha value is -2.34. The van der Waals surface area contributed by atoms with Crippen LogP contribution in [0, 0.1) is 0 Å². The number of rotatable bonds is 2. The molecule has 2 N–H and O–H groups in total. The molecule has 1 heterocycles. The van der Waals surface area contributed by atoms with Gasteiger partial charge in [0.2, 0.25) is 0 Å². The molecule has 0 fully saturated rings. The highest BCUT2D eigenvalue weighted by atomic mass is 32.2. The van der Waals surface area contributed by atoms with Crippen LogP contribution >= 0.6 is 0 Å². The van der Waals surface area contributed by atoms with Gasteiger partial charge < -0.3 is 5.73 Å². The van der Waals surface area contributed by atoms with Crippen molar-refractivity contribution in [2.45, 2.75) is 4.90 Å². The molecule has 0 aliphatic heterocycles. The summed E-state index contributed by atoms with van der Waals surface area (Å²) in [6.07, 6.45) is 1.46. The van der Waals surface area contributed by atoms with Crippen molar-refractivity contribution in [3.8, 4) is 0 Å². The monoisotopic (exact) mass is 273 g/mol. The predicted octanol–water partition coefficient (Wildman–Crippen LogP) is 1.86. The van der Waals surface area contributed by atoms with Crippen LogP contribution in [0.3, 0.4) is 0 Å². The van der Waals surface area contributed by atoms with Gasteiger partial charge in [-0.2, -0.15) is 17.6 Å². The van der Waals surface area contributed by atoms with E-state index >= 15 is 0 Å². The van der Waals surface area contributed by atoms with Crippen LogP contribution in [0.4, 0.5) is 5.69 Å². The average molecular weight is 273 g/mol. The summed E-state index contributed by atoms with van der Waals surface area (Å²) in [6, 6.07) is 13.3. The lowest BCUT2D eigenvalue weighted by molar-refractivity contribution is 0.582. The Balaban J connectivity index is 2.29. The van der Waals surface area contributed by atoms with E-state index in [9.17, 15) is 8.42 Å². The number of nitrogen functional groups attached to an aromatic ring is 1. The Kier molecular flexibility index (Phi) is 2.53. The molecule has 0 bridgehead atoms. The normalized spacial score (nSPS) is 11.8. The molecular formula is C13H11N3O2S. The largest absolute Gasteiger partial charge is 0.398 e. The van der Waals surface area contributed by atoms with E-state index in [1.54, 1.807) is 36.4 Å². The average Bonchev–Trinajstić information content (AvgIpc) is 2.86. The number of fused-ring (bicyclic) bond motifs is 1. The molecule has 6 heteroatoms. The zero-order chi connectivity index (χ0) is 13.5. The van der Waals surface area contributed by atoms with Crippen molar-refractivity contribution >= 4 is 26.6 Å². The number of aromatic nitrogens is 2. The molecule has 0 saturated carbocycles. The first-order valence-electron chi connectivity index (χ1n) is 5.63. The Morgan fingerprint density at radius 2 is 1.74 bits per heavy atom. The van der Waals surface area contributed by atoms with Crippen molar-refractivity contribution in [2.75, 3.05) is 5.73 Å². The first kappa shape index (κ1) is 11.7. The lowest BCUT2D eigenvalue weighted by Crippen LogP contribution is -2.14. The standard InChI is InChI=1S/C13H11N3O2S/c14-12-7-4-8-13-11(12)9-15-16(13)19(17,18)10-5-2-1-3-6-10/h1-9H,14H2. The van der Waals surface area contributed by atoms with Crippen molar-refractivity contribution in [1.82, 2.24) is 9.19 Å². The van der Waals surface area contributed by atoms with E-state index in [1.165, 1.54) is 18.3 Å². The van der Waals surface area contributed by atoms with E-state index in [2.05, 4.69) is 5.10 Å². The first-order valence-corrected chi connectivity index (χ1v) is 7.07. The van der Waals surface area contributed by atoms with Crippen LogP contribution in [0.2, 0.25) is 0 Å². The van der Waals surface area contributed by atoms with Gasteiger partial charge in [0, 0.05) is 11.1 Å². The highest BCUT2D eigenvalue weighted by Crippen LogP contribution is 2.23. The number of benzene rings is 2. The quantitative estimate of drug-likeness (QED) is 0.723. The fourth-order valence-corrected chi connectivity index (χ4v) is 3.22. The van der Waals surface area contributed by atoms with Crippen LogP contribution in [-0.4, -0.2) is 17.6 Å². The van der Waals surface area contributed by atoms with Gasteiger partial charge in [-0.25, -0.2) is 0 Å². The molecule has 2 aromatic carbocycles. The lowest BCUT2D eigenvalue weighted by atomic mass is 10.2. The zero-order valence-electron chi connectivity index (χ0n) is 9.89. The minimum atomic E-state index is -3.69. The highest BCUT2D eigenvalue weighted by Gasteiger charge is 2.20. The number of nitrogens with zero attached hydrogens (tertiary/aromatic N) is 2. The summed E-state index contributed by atoms with van der Waals surface area (Å²) < 4.78 is 26.0. The minimum Gasteiger partial charge on any atom is -0.398 e. The molecule has 0 radical (unpaired) electrons. The second-order valence-corrected chi connectivity index (χ2v) is 5.85. The van der Waals surface area contributed by atoms with E-state index in [4.69, 9.17) is 5.73 Å². The van der Waals surface area contributed by atoms with E-state index in [-0.39, 0.29) is 4.90 Å². The van der Waals surface area contributed by atoms with Gasteiger partial charge in [-0.05, 0) is 24.3 Å². The third kappa shape index (κ3) is 1.77. The molecule has 1 aromatic heterocycles. The van der Waals surface area contributed by atoms with Crippen molar-refractivity contribution in [3.05, 3.63) is 54.7 Å². The molecule has 5 nitrogen and oxygen atoms in total. The third-order valence-corrected chi connectivity index (χ3v) is 4.50. The maximum Gasteiger partial charge on any atom is 0.283 e. The molecule has 3 rings (SSSR count).